The van der Waals surface area contributed by atoms with Gasteiger partial charge >= 0.3 is 0 Å². The number of nitrogens with two attached hydrogens (primary N) is 1. The number of hydrogen-bond acceptors (Lipinski definition) is 2. The molecule has 0 aliphatic carbocycles. The number of benzene rings is 1. The van der Waals surface area contributed by atoms with E-state index in [4.69, 9.17) is 18.0 Å². The summed E-state index contributed by atoms with van der Waals surface area (Å²) < 4.78 is 13.6. The number of likely N-dealkylation sites (tertiary alicyclic amines) is 1. The van der Waals surface area contributed by atoms with Crippen molar-refractivity contribution in [3.63, 3.8) is 0 Å². The van der Waals surface area contributed by atoms with Gasteiger partial charge in [0, 0.05) is 12.1 Å². The Morgan fingerprint density at radius 3 is 2.89 bits per heavy atom. The molecule has 1 aromatic rings. The van der Waals surface area contributed by atoms with Crippen molar-refractivity contribution in [1.29, 1.82) is 0 Å². The van der Waals surface area contributed by atoms with Gasteiger partial charge in [0.25, 0.3) is 0 Å². The van der Waals surface area contributed by atoms with Gasteiger partial charge in [0.05, 0.1) is 0 Å². The quantitative estimate of drug-likeness (QED) is 0.863. The Hall–Kier alpha value is -1.00. The Morgan fingerprint density at radius 2 is 2.16 bits per heavy atom. The second-order valence-electron chi connectivity index (χ2n) is 5.52. The zero-order valence-electron chi connectivity index (χ0n) is 11.4. The highest BCUT2D eigenvalue weighted by atomic mass is 32.1. The molecule has 1 heterocycles. The van der Waals surface area contributed by atoms with Gasteiger partial charge in [-0.15, -0.1) is 0 Å². The highest BCUT2D eigenvalue weighted by molar-refractivity contribution is 7.80. The molecule has 104 valence electrons. The summed E-state index contributed by atoms with van der Waals surface area (Å²) in [5, 5.41) is 0. The van der Waals surface area contributed by atoms with Crippen LogP contribution in [0.25, 0.3) is 0 Å². The Labute approximate surface area is 119 Å². The van der Waals surface area contributed by atoms with Gasteiger partial charge in [0.1, 0.15) is 10.8 Å². The van der Waals surface area contributed by atoms with Crippen molar-refractivity contribution in [3.8, 4) is 0 Å². The summed E-state index contributed by atoms with van der Waals surface area (Å²) >= 11 is 4.92. The molecule has 4 heteroatoms. The van der Waals surface area contributed by atoms with Crippen LogP contribution in [0.1, 0.15) is 37.3 Å². The summed E-state index contributed by atoms with van der Waals surface area (Å²) in [6.07, 6.45) is 3.73. The molecule has 0 radical (unpaired) electrons. The van der Waals surface area contributed by atoms with Crippen LogP contribution in [-0.2, 0) is 6.54 Å². The third-order valence-corrected chi connectivity index (χ3v) is 3.99. The highest BCUT2D eigenvalue weighted by Crippen LogP contribution is 2.19. The molecule has 1 fully saturated rings. The van der Waals surface area contributed by atoms with Crippen LogP contribution in [0.5, 0.6) is 0 Å². The lowest BCUT2D eigenvalue weighted by molar-refractivity contribution is 0.273. The smallest absolute Gasteiger partial charge is 0.124 e. The first-order chi connectivity index (χ1) is 9.04. The number of rotatable bonds is 3. The maximum atomic E-state index is 13.6. The van der Waals surface area contributed by atoms with Crippen molar-refractivity contribution >= 4 is 17.2 Å². The molecule has 2 nitrogen and oxygen atoms in total. The second-order valence-corrected chi connectivity index (χ2v) is 5.96. The Morgan fingerprint density at radius 1 is 1.37 bits per heavy atom. The van der Waals surface area contributed by atoms with E-state index in [0.29, 0.717) is 5.56 Å². The molecule has 2 rings (SSSR count). The SMILES string of the molecule is CC1CCCN(Cc2cc(F)cc(C(N)=S)c2)CC1. The molecule has 1 aliphatic heterocycles. The molecule has 0 aromatic heterocycles. The largest absolute Gasteiger partial charge is 0.389 e. The third kappa shape index (κ3) is 4.25. The predicted octanol–water partition coefficient (Wildman–Crippen LogP) is 3.08. The fourth-order valence-corrected chi connectivity index (χ4v) is 2.74. The Bertz CT molecular complexity index is 461. The molecule has 1 aromatic carbocycles. The number of halogens is 1. The molecule has 0 saturated carbocycles. The number of hydrogen-bond donors (Lipinski definition) is 1. The van der Waals surface area contributed by atoms with Crippen LogP contribution in [0.4, 0.5) is 4.39 Å². The van der Waals surface area contributed by atoms with Gasteiger partial charge < -0.3 is 5.73 Å². The topological polar surface area (TPSA) is 29.3 Å². The van der Waals surface area contributed by atoms with Crippen LogP contribution in [0.15, 0.2) is 18.2 Å². The van der Waals surface area contributed by atoms with Gasteiger partial charge in [-0.1, -0.05) is 19.1 Å². The molecule has 1 atom stereocenters. The van der Waals surface area contributed by atoms with Crippen LogP contribution in [-0.4, -0.2) is 23.0 Å². The van der Waals surface area contributed by atoms with E-state index in [1.165, 1.54) is 25.3 Å². The van der Waals surface area contributed by atoms with E-state index in [1.54, 1.807) is 6.07 Å². The maximum Gasteiger partial charge on any atom is 0.124 e. The average molecular weight is 280 g/mol. The van der Waals surface area contributed by atoms with Gasteiger partial charge in [0.15, 0.2) is 0 Å². The molecule has 19 heavy (non-hydrogen) atoms. The van der Waals surface area contributed by atoms with Crippen molar-refractivity contribution < 1.29 is 4.39 Å². The number of thiocarbonyl (C=S) groups is 1. The first-order valence-electron chi connectivity index (χ1n) is 6.86. The molecular weight excluding hydrogens is 259 g/mol. The normalized spacial score (nSPS) is 21.1. The first-order valence-corrected chi connectivity index (χ1v) is 7.27. The van der Waals surface area contributed by atoms with Gasteiger partial charge in [-0.25, -0.2) is 4.39 Å². The summed E-state index contributed by atoms with van der Waals surface area (Å²) in [4.78, 5) is 2.65. The van der Waals surface area contributed by atoms with E-state index in [1.807, 2.05) is 6.07 Å². The summed E-state index contributed by atoms with van der Waals surface area (Å²) in [5.74, 6) is 0.535. The second kappa shape index (κ2) is 6.44. The van der Waals surface area contributed by atoms with E-state index >= 15 is 0 Å². The maximum absolute atomic E-state index is 13.6. The lowest BCUT2D eigenvalue weighted by atomic mass is 10.0. The van der Waals surface area contributed by atoms with Gasteiger partial charge in [-0.3, -0.25) is 4.90 Å². The molecule has 2 N–H and O–H groups in total. The van der Waals surface area contributed by atoms with E-state index in [0.717, 1.165) is 31.1 Å². The third-order valence-electron chi connectivity index (χ3n) is 3.76. The average Bonchev–Trinajstić information content (AvgIpc) is 2.54. The Balaban J connectivity index is 2.07. The lowest BCUT2D eigenvalue weighted by Crippen LogP contribution is -2.24. The van der Waals surface area contributed by atoms with Crippen molar-refractivity contribution in [3.05, 3.63) is 35.1 Å². The zero-order valence-corrected chi connectivity index (χ0v) is 12.2. The van der Waals surface area contributed by atoms with E-state index in [2.05, 4.69) is 11.8 Å². The van der Waals surface area contributed by atoms with Crippen molar-refractivity contribution in [2.75, 3.05) is 13.1 Å². The molecule has 0 bridgehead atoms. The van der Waals surface area contributed by atoms with Crippen molar-refractivity contribution in [2.24, 2.45) is 11.7 Å². The monoisotopic (exact) mass is 280 g/mol. The fraction of sp³-hybridized carbons (Fsp3) is 0.533. The zero-order chi connectivity index (χ0) is 13.8. The van der Waals surface area contributed by atoms with Crippen LogP contribution in [0.3, 0.4) is 0 Å². The molecule has 1 unspecified atom stereocenters. The van der Waals surface area contributed by atoms with Gasteiger partial charge in [-0.2, -0.15) is 0 Å². The minimum atomic E-state index is -0.261. The summed E-state index contributed by atoms with van der Waals surface area (Å²) in [5.41, 5.74) is 7.15. The predicted molar refractivity (Wildman–Crippen MR) is 80.6 cm³/mol. The first kappa shape index (κ1) is 14.4. The van der Waals surface area contributed by atoms with Crippen molar-refractivity contribution in [2.45, 2.75) is 32.7 Å². The van der Waals surface area contributed by atoms with Crippen LogP contribution >= 0.6 is 12.2 Å². The lowest BCUT2D eigenvalue weighted by Gasteiger charge is -2.20. The van der Waals surface area contributed by atoms with Crippen molar-refractivity contribution in [1.82, 2.24) is 4.90 Å². The summed E-state index contributed by atoms with van der Waals surface area (Å²) in [6, 6.07) is 4.88. The van der Waals surface area contributed by atoms with Crippen LogP contribution in [0, 0.1) is 11.7 Å². The molecule has 1 saturated heterocycles. The summed E-state index contributed by atoms with van der Waals surface area (Å²) in [7, 11) is 0. The molecular formula is C15H21FN2S. The molecule has 0 amide bonds. The van der Waals surface area contributed by atoms with E-state index in [9.17, 15) is 4.39 Å². The van der Waals surface area contributed by atoms with E-state index < -0.39 is 0 Å². The molecule has 0 spiro atoms. The Kier molecular flexibility index (Phi) is 4.88. The summed E-state index contributed by atoms with van der Waals surface area (Å²) in [6.45, 7) is 5.25. The minimum absolute atomic E-state index is 0.255. The number of nitrogens with zero attached hydrogens (tertiary/aromatic N) is 1. The van der Waals surface area contributed by atoms with Crippen LogP contribution in [0.2, 0.25) is 0 Å². The standard InChI is InChI=1S/C15H21FN2S/c1-11-3-2-5-18(6-4-11)10-12-7-13(15(17)19)9-14(16)8-12/h7-9,11H,2-6,10H2,1H3,(H2,17,19). The highest BCUT2D eigenvalue weighted by Gasteiger charge is 2.14. The molecule has 1 aliphatic rings. The van der Waals surface area contributed by atoms with Gasteiger partial charge in [0.2, 0.25) is 0 Å². The van der Waals surface area contributed by atoms with Crippen LogP contribution < -0.4 is 5.73 Å². The van der Waals surface area contributed by atoms with E-state index in [-0.39, 0.29) is 10.8 Å². The fourth-order valence-electron chi connectivity index (χ4n) is 2.62. The van der Waals surface area contributed by atoms with Gasteiger partial charge in [-0.05, 0) is 62.0 Å². The minimum Gasteiger partial charge on any atom is -0.389 e.